The van der Waals surface area contributed by atoms with Gasteiger partial charge >= 0.3 is 5.97 Å². The van der Waals surface area contributed by atoms with Gasteiger partial charge in [0.05, 0.1) is 28.5 Å². The van der Waals surface area contributed by atoms with Crippen molar-refractivity contribution in [3.63, 3.8) is 0 Å². The summed E-state index contributed by atoms with van der Waals surface area (Å²) in [6.45, 7) is 0. The van der Waals surface area contributed by atoms with Crippen LogP contribution < -0.4 is 0 Å². The summed E-state index contributed by atoms with van der Waals surface area (Å²) in [6, 6.07) is 12.4. The van der Waals surface area contributed by atoms with Gasteiger partial charge in [-0.15, -0.1) is 6.42 Å². The number of nitrogens with zero attached hydrogens (tertiary/aromatic N) is 2. The second-order valence-electron chi connectivity index (χ2n) is 4.27. The van der Waals surface area contributed by atoms with Crippen molar-refractivity contribution in [2.24, 2.45) is 0 Å². The lowest BCUT2D eigenvalue weighted by Crippen LogP contribution is -2.08. The summed E-state index contributed by atoms with van der Waals surface area (Å²) in [6.07, 6.45) is 7.17. The number of hydrogen-bond donors (Lipinski definition) is 1. The number of terminal acetylenes is 1. The molecule has 0 saturated heterocycles. The largest absolute Gasteiger partial charge is 0.478 e. The third kappa shape index (κ3) is 1.73. The Hall–Kier alpha value is -3.06. The van der Waals surface area contributed by atoms with E-state index >= 15 is 0 Å². The maximum atomic E-state index is 11.4. The molecule has 0 radical (unpaired) electrons. The van der Waals surface area contributed by atoms with E-state index in [9.17, 15) is 9.90 Å². The Morgan fingerprint density at radius 2 is 2.00 bits per heavy atom. The molecule has 4 heteroatoms. The van der Waals surface area contributed by atoms with Gasteiger partial charge < -0.3 is 5.11 Å². The predicted molar refractivity (Wildman–Crippen MR) is 76.0 cm³/mol. The summed E-state index contributed by atoms with van der Waals surface area (Å²) < 4.78 is 1.58. The molecule has 2 aromatic carbocycles. The summed E-state index contributed by atoms with van der Waals surface area (Å²) >= 11 is 0. The maximum absolute atomic E-state index is 11.4. The molecule has 1 N–H and O–H groups in total. The van der Waals surface area contributed by atoms with Crippen LogP contribution in [0.15, 0.2) is 48.7 Å². The summed E-state index contributed by atoms with van der Waals surface area (Å²) in [7, 11) is 0. The molecule has 1 heterocycles. The fourth-order valence-corrected chi connectivity index (χ4v) is 2.21. The number of carboxylic acid groups (broad SMARTS) is 1. The summed E-state index contributed by atoms with van der Waals surface area (Å²) in [4.78, 5) is 11.4. The maximum Gasteiger partial charge on any atom is 0.337 e. The Kier molecular flexibility index (Phi) is 2.73. The van der Waals surface area contributed by atoms with Crippen molar-refractivity contribution in [1.82, 2.24) is 9.78 Å². The Morgan fingerprint density at radius 3 is 2.75 bits per heavy atom. The molecular weight excluding hydrogens is 252 g/mol. The summed E-state index contributed by atoms with van der Waals surface area (Å²) in [5.41, 5.74) is 1.87. The smallest absolute Gasteiger partial charge is 0.337 e. The number of fused-ring (bicyclic) bond motifs is 1. The van der Waals surface area contributed by atoms with Crippen LogP contribution in [-0.4, -0.2) is 20.9 Å². The van der Waals surface area contributed by atoms with Gasteiger partial charge in [0.15, 0.2) is 0 Å². The summed E-state index contributed by atoms with van der Waals surface area (Å²) in [5.74, 6) is 1.49. The van der Waals surface area contributed by atoms with Gasteiger partial charge in [-0.25, -0.2) is 9.48 Å². The van der Waals surface area contributed by atoms with Crippen LogP contribution in [0.2, 0.25) is 0 Å². The number of aromatic carboxylic acids is 1. The van der Waals surface area contributed by atoms with Crippen molar-refractivity contribution >= 4 is 16.9 Å². The van der Waals surface area contributed by atoms with Crippen molar-refractivity contribution in [3.8, 4) is 18.0 Å². The molecule has 0 aliphatic carbocycles. The van der Waals surface area contributed by atoms with Crippen LogP contribution >= 0.6 is 0 Å². The molecule has 4 nitrogen and oxygen atoms in total. The van der Waals surface area contributed by atoms with Crippen LogP contribution in [0.5, 0.6) is 0 Å². The van der Waals surface area contributed by atoms with Gasteiger partial charge in [0.25, 0.3) is 0 Å². The van der Waals surface area contributed by atoms with Gasteiger partial charge in [-0.05, 0) is 18.2 Å². The van der Waals surface area contributed by atoms with E-state index in [-0.39, 0.29) is 5.56 Å². The molecule has 20 heavy (non-hydrogen) atoms. The van der Waals surface area contributed by atoms with Gasteiger partial charge in [0.2, 0.25) is 0 Å². The first kappa shape index (κ1) is 12.0. The number of para-hydroxylation sites is 2. The van der Waals surface area contributed by atoms with Crippen LogP contribution in [-0.2, 0) is 0 Å². The highest BCUT2D eigenvalue weighted by Crippen LogP contribution is 2.24. The zero-order chi connectivity index (χ0) is 14.1. The molecule has 0 fully saturated rings. The van der Waals surface area contributed by atoms with Crippen molar-refractivity contribution in [3.05, 3.63) is 59.8 Å². The fraction of sp³-hybridized carbons (Fsp3) is 0. The molecule has 0 amide bonds. The quantitative estimate of drug-likeness (QED) is 0.722. The Bertz CT molecular complexity index is 856. The lowest BCUT2D eigenvalue weighted by molar-refractivity contribution is 0.0697. The van der Waals surface area contributed by atoms with E-state index in [1.165, 1.54) is 6.07 Å². The lowest BCUT2D eigenvalue weighted by Gasteiger charge is -2.10. The van der Waals surface area contributed by atoms with Gasteiger partial charge in [0.1, 0.15) is 0 Å². The van der Waals surface area contributed by atoms with Crippen molar-refractivity contribution < 1.29 is 9.90 Å². The van der Waals surface area contributed by atoms with E-state index in [1.807, 2.05) is 24.3 Å². The first-order chi connectivity index (χ1) is 9.72. The van der Waals surface area contributed by atoms with Crippen LogP contribution in [0.25, 0.3) is 16.6 Å². The van der Waals surface area contributed by atoms with E-state index in [2.05, 4.69) is 11.0 Å². The molecule has 1 aromatic heterocycles. The zero-order valence-corrected chi connectivity index (χ0v) is 10.4. The standard InChI is InChI=1S/C16H10N2O2/c1-2-11-7-5-8-13(16(19)20)15(11)18-14-9-4-3-6-12(14)10-17-18/h1,3-10H,(H,19,20). The number of benzene rings is 2. The number of rotatable bonds is 2. The molecule has 0 unspecified atom stereocenters. The third-order valence-electron chi connectivity index (χ3n) is 3.11. The number of carboxylic acids is 1. The second-order valence-corrected chi connectivity index (χ2v) is 4.27. The highest BCUT2D eigenvalue weighted by atomic mass is 16.4. The SMILES string of the molecule is C#Cc1cccc(C(=O)O)c1-n1ncc2ccccc21. The monoisotopic (exact) mass is 262 g/mol. The van der Waals surface area contributed by atoms with Gasteiger partial charge in [-0.3, -0.25) is 0 Å². The minimum Gasteiger partial charge on any atom is -0.478 e. The van der Waals surface area contributed by atoms with Gasteiger partial charge in [-0.2, -0.15) is 5.10 Å². The van der Waals surface area contributed by atoms with E-state index < -0.39 is 5.97 Å². The molecular formula is C16H10N2O2. The van der Waals surface area contributed by atoms with E-state index in [0.717, 1.165) is 10.9 Å². The van der Waals surface area contributed by atoms with E-state index in [4.69, 9.17) is 6.42 Å². The molecule has 3 rings (SSSR count). The first-order valence-corrected chi connectivity index (χ1v) is 5.98. The van der Waals surface area contributed by atoms with Crippen LogP contribution in [0, 0.1) is 12.3 Å². The number of hydrogen-bond acceptors (Lipinski definition) is 2. The Labute approximate surface area is 115 Å². The van der Waals surface area contributed by atoms with Crippen LogP contribution in [0.1, 0.15) is 15.9 Å². The third-order valence-corrected chi connectivity index (χ3v) is 3.11. The van der Waals surface area contributed by atoms with Crippen molar-refractivity contribution in [2.45, 2.75) is 0 Å². The molecule has 0 saturated carbocycles. The van der Waals surface area contributed by atoms with Gasteiger partial charge in [-0.1, -0.05) is 30.2 Å². The predicted octanol–water partition coefficient (Wildman–Crippen LogP) is 2.71. The average Bonchev–Trinajstić information content (AvgIpc) is 2.90. The number of aromatic nitrogens is 2. The number of carbonyl (C=O) groups is 1. The normalized spacial score (nSPS) is 10.3. The van der Waals surface area contributed by atoms with E-state index in [0.29, 0.717) is 11.3 Å². The highest BCUT2D eigenvalue weighted by Gasteiger charge is 2.17. The van der Waals surface area contributed by atoms with E-state index in [1.54, 1.807) is 23.0 Å². The highest BCUT2D eigenvalue weighted by molar-refractivity contribution is 5.94. The zero-order valence-electron chi connectivity index (χ0n) is 10.4. The van der Waals surface area contributed by atoms with Crippen molar-refractivity contribution in [1.29, 1.82) is 0 Å². The molecule has 3 aromatic rings. The molecule has 0 aliphatic rings. The molecule has 0 bridgehead atoms. The minimum atomic E-state index is -1.03. The Morgan fingerprint density at radius 1 is 1.20 bits per heavy atom. The van der Waals surface area contributed by atoms with Crippen LogP contribution in [0.4, 0.5) is 0 Å². The molecule has 0 atom stereocenters. The second kappa shape index (κ2) is 4.56. The van der Waals surface area contributed by atoms with Crippen LogP contribution in [0.3, 0.4) is 0 Å². The fourth-order valence-electron chi connectivity index (χ4n) is 2.21. The lowest BCUT2D eigenvalue weighted by atomic mass is 10.1. The summed E-state index contributed by atoms with van der Waals surface area (Å²) in [5, 5.41) is 14.5. The molecule has 96 valence electrons. The Balaban J connectivity index is 2.40. The minimum absolute atomic E-state index is 0.134. The first-order valence-electron chi connectivity index (χ1n) is 5.98. The topological polar surface area (TPSA) is 55.1 Å². The molecule has 0 aliphatic heterocycles. The average molecular weight is 262 g/mol. The molecule has 0 spiro atoms. The van der Waals surface area contributed by atoms with Crippen molar-refractivity contribution in [2.75, 3.05) is 0 Å². The van der Waals surface area contributed by atoms with Gasteiger partial charge in [0, 0.05) is 5.39 Å².